The minimum atomic E-state index is 0.0830. The molecule has 0 aromatic heterocycles. The van der Waals surface area contributed by atoms with Gasteiger partial charge in [-0.3, -0.25) is 4.79 Å². The van der Waals surface area contributed by atoms with Gasteiger partial charge >= 0.3 is 0 Å². The van der Waals surface area contributed by atoms with Crippen molar-refractivity contribution in [3.8, 4) is 11.5 Å². The van der Waals surface area contributed by atoms with Gasteiger partial charge in [0, 0.05) is 18.0 Å². The molecule has 0 aliphatic heterocycles. The minimum absolute atomic E-state index is 0.0830. The van der Waals surface area contributed by atoms with Crippen molar-refractivity contribution in [2.24, 2.45) is 0 Å². The van der Waals surface area contributed by atoms with Crippen LogP contribution >= 0.6 is 11.8 Å². The zero-order chi connectivity index (χ0) is 18.8. The largest absolute Gasteiger partial charge is 0.497 e. The van der Waals surface area contributed by atoms with Gasteiger partial charge in [-0.1, -0.05) is 18.2 Å². The quantitative estimate of drug-likeness (QED) is 0.458. The third-order valence-electron chi connectivity index (χ3n) is 3.73. The van der Waals surface area contributed by atoms with E-state index >= 15 is 0 Å². The first kappa shape index (κ1) is 19.9. The maximum atomic E-state index is 12.6. The van der Waals surface area contributed by atoms with Crippen LogP contribution in [0.3, 0.4) is 0 Å². The summed E-state index contributed by atoms with van der Waals surface area (Å²) in [6, 6.07) is 15.6. The second-order valence-corrected chi connectivity index (χ2v) is 6.65. The number of hydrogen-bond acceptors (Lipinski definition) is 4. The summed E-state index contributed by atoms with van der Waals surface area (Å²) in [5, 5.41) is 0. The van der Waals surface area contributed by atoms with Gasteiger partial charge in [0.05, 0.1) is 19.5 Å². The van der Waals surface area contributed by atoms with Gasteiger partial charge < -0.3 is 14.4 Å². The van der Waals surface area contributed by atoms with Crippen molar-refractivity contribution in [3.05, 3.63) is 66.7 Å². The Balaban J connectivity index is 1.93. The number of amides is 1. The fourth-order valence-electron chi connectivity index (χ4n) is 2.40. The number of carbonyl (C=O) groups is 1. The lowest BCUT2D eigenvalue weighted by atomic mass is 10.2. The second kappa shape index (κ2) is 10.6. The molecule has 0 N–H and O–H groups in total. The number of hydrogen-bond donors (Lipinski definition) is 0. The summed E-state index contributed by atoms with van der Waals surface area (Å²) >= 11 is 1.53. The van der Waals surface area contributed by atoms with Crippen molar-refractivity contribution in [3.63, 3.8) is 0 Å². The second-order valence-electron chi connectivity index (χ2n) is 5.60. The lowest BCUT2D eigenvalue weighted by molar-refractivity contribution is -0.128. The van der Waals surface area contributed by atoms with E-state index in [-0.39, 0.29) is 5.91 Å². The minimum Gasteiger partial charge on any atom is -0.497 e. The highest BCUT2D eigenvalue weighted by molar-refractivity contribution is 8.00. The van der Waals surface area contributed by atoms with Crippen LogP contribution in [0.5, 0.6) is 11.5 Å². The van der Waals surface area contributed by atoms with Gasteiger partial charge in [0.2, 0.25) is 5.91 Å². The molecular formula is C21H25NO3S. The molecule has 0 unspecified atom stereocenters. The summed E-state index contributed by atoms with van der Waals surface area (Å²) < 4.78 is 10.6. The molecule has 0 saturated carbocycles. The Labute approximate surface area is 159 Å². The number of carbonyl (C=O) groups excluding carboxylic acids is 1. The van der Waals surface area contributed by atoms with Crippen molar-refractivity contribution >= 4 is 17.7 Å². The van der Waals surface area contributed by atoms with Crippen LogP contribution in [-0.4, -0.2) is 36.8 Å². The van der Waals surface area contributed by atoms with Crippen LogP contribution in [0.15, 0.2) is 66.1 Å². The number of ether oxygens (including phenoxy) is 2. The first-order valence-electron chi connectivity index (χ1n) is 8.53. The molecule has 0 atom stereocenters. The molecule has 0 radical (unpaired) electrons. The van der Waals surface area contributed by atoms with E-state index in [1.807, 2.05) is 55.5 Å². The Morgan fingerprint density at radius 2 is 1.77 bits per heavy atom. The predicted octanol–water partition coefficient (Wildman–Crippen LogP) is 4.40. The third-order valence-corrected chi connectivity index (χ3v) is 4.73. The first-order valence-corrected chi connectivity index (χ1v) is 9.52. The molecule has 2 rings (SSSR count). The summed E-state index contributed by atoms with van der Waals surface area (Å²) in [5.74, 6) is 2.12. The van der Waals surface area contributed by atoms with Crippen LogP contribution in [-0.2, 0) is 11.3 Å². The standard InChI is InChI=1S/C21H25NO3S/c1-4-14-22(15-17-6-8-18(24-3)9-7-17)21(23)16-26-20-12-10-19(11-13-20)25-5-2/h4,6-13H,1,5,14-16H2,2-3H3. The summed E-state index contributed by atoms with van der Waals surface area (Å²) in [6.07, 6.45) is 1.75. The van der Waals surface area contributed by atoms with Gasteiger partial charge in [0.1, 0.15) is 11.5 Å². The Morgan fingerprint density at radius 1 is 1.12 bits per heavy atom. The molecule has 1 amide bonds. The molecule has 2 aromatic carbocycles. The normalized spacial score (nSPS) is 10.2. The van der Waals surface area contributed by atoms with Crippen LogP contribution in [0.1, 0.15) is 12.5 Å². The van der Waals surface area contributed by atoms with Crippen molar-refractivity contribution in [2.75, 3.05) is 26.0 Å². The molecule has 26 heavy (non-hydrogen) atoms. The van der Waals surface area contributed by atoms with E-state index in [9.17, 15) is 4.79 Å². The van der Waals surface area contributed by atoms with Crippen LogP contribution in [0.2, 0.25) is 0 Å². The average molecular weight is 372 g/mol. The Kier molecular flexibility index (Phi) is 8.09. The molecule has 0 heterocycles. The van der Waals surface area contributed by atoms with Gasteiger partial charge in [-0.2, -0.15) is 0 Å². The average Bonchev–Trinajstić information content (AvgIpc) is 2.67. The van der Waals surface area contributed by atoms with Crippen LogP contribution in [0.4, 0.5) is 0 Å². The van der Waals surface area contributed by atoms with Gasteiger partial charge in [0.25, 0.3) is 0 Å². The zero-order valence-electron chi connectivity index (χ0n) is 15.3. The maximum Gasteiger partial charge on any atom is 0.233 e. The lowest BCUT2D eigenvalue weighted by Crippen LogP contribution is -2.32. The monoisotopic (exact) mass is 371 g/mol. The predicted molar refractivity (Wildman–Crippen MR) is 107 cm³/mol. The highest BCUT2D eigenvalue weighted by Gasteiger charge is 2.13. The number of rotatable bonds is 10. The molecule has 5 heteroatoms. The fourth-order valence-corrected chi connectivity index (χ4v) is 3.20. The lowest BCUT2D eigenvalue weighted by Gasteiger charge is -2.21. The van der Waals surface area contributed by atoms with Crippen LogP contribution < -0.4 is 9.47 Å². The SMILES string of the molecule is C=CCN(Cc1ccc(OC)cc1)C(=O)CSc1ccc(OCC)cc1. The molecule has 0 aliphatic carbocycles. The highest BCUT2D eigenvalue weighted by Crippen LogP contribution is 2.22. The smallest absolute Gasteiger partial charge is 0.233 e. The molecule has 138 valence electrons. The highest BCUT2D eigenvalue weighted by atomic mass is 32.2. The first-order chi connectivity index (χ1) is 12.7. The van der Waals surface area contributed by atoms with E-state index in [0.29, 0.717) is 25.4 Å². The van der Waals surface area contributed by atoms with Crippen molar-refractivity contribution in [1.29, 1.82) is 0 Å². The van der Waals surface area contributed by atoms with E-state index in [1.165, 1.54) is 11.8 Å². The van der Waals surface area contributed by atoms with E-state index in [1.54, 1.807) is 18.1 Å². The Morgan fingerprint density at radius 3 is 2.35 bits per heavy atom. The van der Waals surface area contributed by atoms with Crippen LogP contribution in [0, 0.1) is 0 Å². The van der Waals surface area contributed by atoms with Crippen molar-refractivity contribution < 1.29 is 14.3 Å². The summed E-state index contributed by atoms with van der Waals surface area (Å²) in [5.41, 5.74) is 1.06. The zero-order valence-corrected chi connectivity index (χ0v) is 16.1. The summed E-state index contributed by atoms with van der Waals surface area (Å²) in [6.45, 7) is 7.44. The number of thioether (sulfide) groups is 1. The van der Waals surface area contributed by atoms with Gasteiger partial charge in [0.15, 0.2) is 0 Å². The molecule has 0 spiro atoms. The molecule has 0 saturated heterocycles. The maximum absolute atomic E-state index is 12.6. The van der Waals surface area contributed by atoms with E-state index in [2.05, 4.69) is 6.58 Å². The number of methoxy groups -OCH3 is 1. The summed E-state index contributed by atoms with van der Waals surface area (Å²) in [4.78, 5) is 15.5. The molecule has 0 fully saturated rings. The molecule has 4 nitrogen and oxygen atoms in total. The Bertz CT molecular complexity index is 698. The number of nitrogens with zero attached hydrogens (tertiary/aromatic N) is 1. The van der Waals surface area contributed by atoms with E-state index in [0.717, 1.165) is 22.0 Å². The van der Waals surface area contributed by atoms with Crippen molar-refractivity contribution in [1.82, 2.24) is 4.90 Å². The topological polar surface area (TPSA) is 38.8 Å². The third kappa shape index (κ3) is 6.15. The van der Waals surface area contributed by atoms with Gasteiger partial charge in [-0.25, -0.2) is 0 Å². The van der Waals surface area contributed by atoms with E-state index in [4.69, 9.17) is 9.47 Å². The van der Waals surface area contributed by atoms with E-state index < -0.39 is 0 Å². The summed E-state index contributed by atoms with van der Waals surface area (Å²) in [7, 11) is 1.64. The molecule has 0 aliphatic rings. The van der Waals surface area contributed by atoms with Crippen LogP contribution in [0.25, 0.3) is 0 Å². The van der Waals surface area contributed by atoms with Gasteiger partial charge in [-0.05, 0) is 48.9 Å². The molecule has 0 bridgehead atoms. The molecule has 2 aromatic rings. The van der Waals surface area contributed by atoms with Crippen molar-refractivity contribution in [2.45, 2.75) is 18.4 Å². The Hall–Kier alpha value is -2.40. The molecular weight excluding hydrogens is 346 g/mol. The van der Waals surface area contributed by atoms with Gasteiger partial charge in [-0.15, -0.1) is 18.3 Å². The fraction of sp³-hybridized carbons (Fsp3) is 0.286. The number of benzene rings is 2.